The molecule has 126 valence electrons. The first kappa shape index (κ1) is 17.2. The fourth-order valence-corrected chi connectivity index (χ4v) is 4.13. The first-order valence-electron chi connectivity index (χ1n) is 7.42. The van der Waals surface area contributed by atoms with E-state index in [0.29, 0.717) is 20.7 Å². The number of benzene rings is 1. The minimum atomic E-state index is -3.71. The van der Waals surface area contributed by atoms with Crippen LogP contribution in [0.1, 0.15) is 19.4 Å². The van der Waals surface area contributed by atoms with Crippen LogP contribution in [0.3, 0.4) is 0 Å². The lowest BCUT2D eigenvalue weighted by atomic mass is 10.2. The molecule has 8 heteroatoms. The maximum atomic E-state index is 12.9. The summed E-state index contributed by atoms with van der Waals surface area (Å²) in [5, 5.41) is 3.92. The van der Waals surface area contributed by atoms with Gasteiger partial charge in [0.2, 0.25) is 0 Å². The van der Waals surface area contributed by atoms with Crippen LogP contribution in [-0.2, 0) is 10.0 Å². The summed E-state index contributed by atoms with van der Waals surface area (Å²) in [6.07, 6.45) is 1.52. The predicted octanol–water partition coefficient (Wildman–Crippen LogP) is 3.40. The molecule has 2 aromatic heterocycles. The van der Waals surface area contributed by atoms with E-state index in [4.69, 9.17) is 0 Å². The second kappa shape index (κ2) is 6.32. The summed E-state index contributed by atoms with van der Waals surface area (Å²) >= 11 is 1.99. The van der Waals surface area contributed by atoms with Crippen LogP contribution in [0.2, 0.25) is 0 Å². The molecule has 3 aromatic rings. The largest absolute Gasteiger partial charge is 0.367 e. The molecular weight excluding hydrogens is 439 g/mol. The smallest absolute Gasteiger partial charge is 0.269 e. The topological polar surface area (TPSA) is 76.9 Å². The third-order valence-electron chi connectivity index (χ3n) is 3.49. The van der Waals surface area contributed by atoms with E-state index in [0.717, 1.165) is 5.56 Å². The molecule has 0 spiro atoms. The molecule has 1 aromatic carbocycles. The van der Waals surface area contributed by atoms with Gasteiger partial charge >= 0.3 is 0 Å². The molecule has 0 fully saturated rings. The van der Waals surface area contributed by atoms with Crippen molar-refractivity contribution in [3.05, 3.63) is 45.9 Å². The van der Waals surface area contributed by atoms with E-state index in [2.05, 4.69) is 15.3 Å². The summed E-state index contributed by atoms with van der Waals surface area (Å²) in [6.45, 7) is 5.92. The zero-order valence-electron chi connectivity index (χ0n) is 13.5. The van der Waals surface area contributed by atoms with Gasteiger partial charge in [0.25, 0.3) is 10.0 Å². The molecule has 0 atom stereocenters. The Morgan fingerprint density at radius 2 is 1.79 bits per heavy atom. The molecule has 0 saturated carbocycles. The van der Waals surface area contributed by atoms with E-state index in [-0.39, 0.29) is 10.9 Å². The quantitative estimate of drug-likeness (QED) is 0.481. The van der Waals surface area contributed by atoms with Gasteiger partial charge in [-0.1, -0.05) is 17.7 Å². The zero-order chi connectivity index (χ0) is 17.5. The number of nitrogens with zero attached hydrogens (tertiary/aromatic N) is 3. The summed E-state index contributed by atoms with van der Waals surface area (Å²) in [4.78, 5) is 8.94. The second-order valence-electron chi connectivity index (χ2n) is 5.81. The van der Waals surface area contributed by atoms with Crippen LogP contribution in [0.5, 0.6) is 0 Å². The van der Waals surface area contributed by atoms with Crippen molar-refractivity contribution < 1.29 is 8.42 Å². The van der Waals surface area contributed by atoms with Crippen molar-refractivity contribution in [2.24, 2.45) is 0 Å². The van der Waals surface area contributed by atoms with Crippen molar-refractivity contribution >= 4 is 49.5 Å². The van der Waals surface area contributed by atoms with Gasteiger partial charge in [0.05, 0.1) is 10.3 Å². The van der Waals surface area contributed by atoms with Crippen LogP contribution in [-0.4, -0.2) is 28.4 Å². The molecule has 0 bridgehead atoms. The lowest BCUT2D eigenvalue weighted by molar-refractivity contribution is 0.588. The van der Waals surface area contributed by atoms with Crippen LogP contribution in [0.4, 0.5) is 5.82 Å². The Kier molecular flexibility index (Phi) is 4.52. The maximum Gasteiger partial charge on any atom is 0.269 e. The molecule has 0 aliphatic carbocycles. The summed E-state index contributed by atoms with van der Waals surface area (Å²) in [7, 11) is -3.71. The normalized spacial score (nSPS) is 12.0. The van der Waals surface area contributed by atoms with Crippen molar-refractivity contribution in [2.45, 2.75) is 31.7 Å². The van der Waals surface area contributed by atoms with Crippen molar-refractivity contribution in [1.82, 2.24) is 13.9 Å². The number of aromatic nitrogens is 3. The van der Waals surface area contributed by atoms with Crippen LogP contribution >= 0.6 is 22.6 Å². The Hall–Kier alpha value is -1.68. The molecule has 0 aliphatic heterocycles. The van der Waals surface area contributed by atoms with E-state index in [1.54, 1.807) is 30.3 Å². The molecule has 0 radical (unpaired) electrons. The highest BCUT2D eigenvalue weighted by Gasteiger charge is 2.21. The maximum absolute atomic E-state index is 12.9. The summed E-state index contributed by atoms with van der Waals surface area (Å²) in [6, 6.07) is 8.68. The fourth-order valence-electron chi connectivity index (χ4n) is 2.37. The van der Waals surface area contributed by atoms with Crippen molar-refractivity contribution in [1.29, 1.82) is 0 Å². The van der Waals surface area contributed by atoms with Gasteiger partial charge in [0.15, 0.2) is 9.48 Å². The Bertz CT molecular complexity index is 995. The van der Waals surface area contributed by atoms with Gasteiger partial charge in [-0.15, -0.1) is 0 Å². The number of anilines is 1. The van der Waals surface area contributed by atoms with E-state index >= 15 is 0 Å². The highest BCUT2D eigenvalue weighted by Crippen LogP contribution is 2.26. The minimum absolute atomic E-state index is 0.177. The number of halogens is 1. The molecule has 3 rings (SSSR count). The molecule has 0 unspecified atom stereocenters. The summed E-state index contributed by atoms with van der Waals surface area (Å²) in [5.74, 6) is 0.636. The number of aryl methyl sites for hydroxylation is 1. The van der Waals surface area contributed by atoms with Crippen molar-refractivity contribution in [3.63, 3.8) is 0 Å². The van der Waals surface area contributed by atoms with Crippen LogP contribution < -0.4 is 5.32 Å². The third-order valence-corrected chi connectivity index (χ3v) is 5.65. The standard InChI is InChI=1S/C16H17IN4O2S/c1-10(2)18-14-13-8-9-21(15(13)20-16(17)19-14)24(22,23)12-6-4-11(3)5-7-12/h4-10H,1-3H3,(H,18,19,20). The van der Waals surface area contributed by atoms with Crippen molar-refractivity contribution in [3.8, 4) is 0 Å². The SMILES string of the molecule is Cc1ccc(S(=O)(=O)n2ccc3c(NC(C)C)nc(I)nc32)cc1. The molecule has 0 saturated heterocycles. The van der Waals surface area contributed by atoms with Gasteiger partial charge in [0.1, 0.15) is 5.82 Å². The van der Waals surface area contributed by atoms with E-state index in [1.165, 1.54) is 10.2 Å². The average Bonchev–Trinajstić information content (AvgIpc) is 2.91. The Morgan fingerprint density at radius 1 is 1.12 bits per heavy atom. The monoisotopic (exact) mass is 456 g/mol. The highest BCUT2D eigenvalue weighted by atomic mass is 127. The lowest BCUT2D eigenvalue weighted by Gasteiger charge is -2.11. The first-order valence-corrected chi connectivity index (χ1v) is 9.94. The van der Waals surface area contributed by atoms with E-state index < -0.39 is 10.0 Å². The summed E-state index contributed by atoms with van der Waals surface area (Å²) in [5.41, 5.74) is 1.38. The van der Waals surface area contributed by atoms with Gasteiger partial charge < -0.3 is 5.32 Å². The predicted molar refractivity (Wildman–Crippen MR) is 103 cm³/mol. The van der Waals surface area contributed by atoms with Crippen molar-refractivity contribution in [2.75, 3.05) is 5.32 Å². The zero-order valence-corrected chi connectivity index (χ0v) is 16.5. The van der Waals surface area contributed by atoms with Gasteiger partial charge in [-0.25, -0.2) is 22.4 Å². The number of nitrogens with one attached hydrogen (secondary N) is 1. The molecule has 0 amide bonds. The summed E-state index contributed by atoms with van der Waals surface area (Å²) < 4.78 is 27.6. The van der Waals surface area contributed by atoms with Crippen LogP contribution in [0, 0.1) is 10.8 Å². The fraction of sp³-hybridized carbons (Fsp3) is 0.250. The number of fused-ring (bicyclic) bond motifs is 1. The van der Waals surface area contributed by atoms with E-state index in [9.17, 15) is 8.42 Å². The number of hydrogen-bond donors (Lipinski definition) is 1. The lowest BCUT2D eigenvalue weighted by Crippen LogP contribution is -2.15. The van der Waals surface area contributed by atoms with Crippen LogP contribution in [0.15, 0.2) is 41.4 Å². The second-order valence-corrected chi connectivity index (χ2v) is 8.59. The molecule has 6 nitrogen and oxygen atoms in total. The molecule has 1 N–H and O–H groups in total. The highest BCUT2D eigenvalue weighted by molar-refractivity contribution is 14.1. The third kappa shape index (κ3) is 3.12. The van der Waals surface area contributed by atoms with Crippen LogP contribution in [0.25, 0.3) is 11.0 Å². The molecule has 0 aliphatic rings. The Balaban J connectivity index is 2.20. The number of hydrogen-bond acceptors (Lipinski definition) is 5. The van der Waals surface area contributed by atoms with Gasteiger partial charge in [-0.2, -0.15) is 0 Å². The van der Waals surface area contributed by atoms with E-state index in [1.807, 2.05) is 43.4 Å². The molecule has 2 heterocycles. The Labute approximate surface area is 154 Å². The van der Waals surface area contributed by atoms with Gasteiger partial charge in [-0.3, -0.25) is 0 Å². The minimum Gasteiger partial charge on any atom is -0.367 e. The average molecular weight is 456 g/mol. The number of rotatable bonds is 4. The van der Waals surface area contributed by atoms with Gasteiger partial charge in [0, 0.05) is 34.8 Å². The molecular formula is C16H17IN4O2S. The molecule has 24 heavy (non-hydrogen) atoms. The Morgan fingerprint density at radius 3 is 2.42 bits per heavy atom. The van der Waals surface area contributed by atoms with Gasteiger partial charge in [-0.05, 0) is 39.0 Å². The first-order chi connectivity index (χ1) is 11.3.